The molecular formula is C15H23BrN2. The van der Waals surface area contributed by atoms with Crippen molar-refractivity contribution < 1.29 is 0 Å². The third-order valence-electron chi connectivity index (χ3n) is 4.08. The van der Waals surface area contributed by atoms with Gasteiger partial charge in [0.15, 0.2) is 0 Å². The van der Waals surface area contributed by atoms with E-state index in [1.807, 2.05) is 0 Å². The van der Waals surface area contributed by atoms with Crippen molar-refractivity contribution in [2.45, 2.75) is 32.7 Å². The Morgan fingerprint density at radius 1 is 1.28 bits per heavy atom. The molecule has 3 heteroatoms. The Labute approximate surface area is 119 Å². The van der Waals surface area contributed by atoms with Gasteiger partial charge >= 0.3 is 0 Å². The highest BCUT2D eigenvalue weighted by atomic mass is 79.9. The summed E-state index contributed by atoms with van der Waals surface area (Å²) in [5.41, 5.74) is 1.20. The highest BCUT2D eigenvalue weighted by Gasteiger charge is 2.23. The molecule has 0 bridgehead atoms. The second-order valence-corrected chi connectivity index (χ2v) is 6.25. The van der Waals surface area contributed by atoms with Gasteiger partial charge in [0.2, 0.25) is 0 Å². The van der Waals surface area contributed by atoms with Crippen LogP contribution >= 0.6 is 15.9 Å². The normalized spacial score (nSPS) is 25.1. The van der Waals surface area contributed by atoms with Gasteiger partial charge in [0.25, 0.3) is 0 Å². The summed E-state index contributed by atoms with van der Waals surface area (Å²) in [6, 6.07) is 9.12. The molecule has 100 valence electrons. The van der Waals surface area contributed by atoms with Crippen LogP contribution in [0.1, 0.15) is 26.7 Å². The number of halogens is 1. The monoisotopic (exact) mass is 310 g/mol. The molecule has 18 heavy (non-hydrogen) atoms. The van der Waals surface area contributed by atoms with Crippen molar-refractivity contribution in [3.8, 4) is 0 Å². The maximum atomic E-state index is 3.49. The van der Waals surface area contributed by atoms with Crippen molar-refractivity contribution in [3.63, 3.8) is 0 Å². The van der Waals surface area contributed by atoms with Crippen LogP contribution in [0.15, 0.2) is 28.7 Å². The molecule has 0 saturated carbocycles. The first-order valence-corrected chi connectivity index (χ1v) is 7.69. The number of rotatable bonds is 4. The molecule has 0 spiro atoms. The van der Waals surface area contributed by atoms with Crippen molar-refractivity contribution >= 4 is 21.6 Å². The summed E-state index contributed by atoms with van der Waals surface area (Å²) in [6.07, 6.45) is 2.74. The van der Waals surface area contributed by atoms with E-state index < -0.39 is 0 Å². The number of nitrogens with one attached hydrogen (secondary N) is 1. The number of benzene rings is 1. The average Bonchev–Trinajstić information content (AvgIpc) is 2.37. The number of hydrogen-bond acceptors (Lipinski definition) is 2. The highest BCUT2D eigenvalue weighted by molar-refractivity contribution is 9.10. The summed E-state index contributed by atoms with van der Waals surface area (Å²) in [5.74, 6) is 0.839. The molecule has 2 atom stereocenters. The quantitative estimate of drug-likeness (QED) is 0.905. The Bertz CT molecular complexity index is 363. The summed E-state index contributed by atoms with van der Waals surface area (Å²) < 4.78 is 1.13. The van der Waals surface area contributed by atoms with E-state index in [1.165, 1.54) is 25.1 Å². The van der Waals surface area contributed by atoms with Gasteiger partial charge in [-0.3, -0.25) is 4.90 Å². The second kappa shape index (κ2) is 6.58. The lowest BCUT2D eigenvalue weighted by atomic mass is 9.92. The van der Waals surface area contributed by atoms with E-state index in [1.54, 1.807) is 0 Å². The van der Waals surface area contributed by atoms with Crippen LogP contribution in [0.2, 0.25) is 0 Å². The fourth-order valence-corrected chi connectivity index (χ4v) is 2.91. The fourth-order valence-electron chi connectivity index (χ4n) is 2.65. The first-order valence-electron chi connectivity index (χ1n) is 6.90. The molecule has 2 rings (SSSR count). The van der Waals surface area contributed by atoms with Gasteiger partial charge in [-0.1, -0.05) is 22.9 Å². The largest absolute Gasteiger partial charge is 0.384 e. The molecule has 0 radical (unpaired) electrons. The Balaban J connectivity index is 1.76. The predicted octanol–water partition coefficient (Wildman–Crippen LogP) is 3.98. The Morgan fingerprint density at radius 2 is 2.00 bits per heavy atom. The molecule has 1 fully saturated rings. The first kappa shape index (κ1) is 13.9. The van der Waals surface area contributed by atoms with Crippen LogP contribution in [0.3, 0.4) is 0 Å². The Kier molecular flexibility index (Phi) is 5.07. The lowest BCUT2D eigenvalue weighted by Gasteiger charge is -2.38. The minimum Gasteiger partial charge on any atom is -0.384 e. The zero-order valence-electron chi connectivity index (χ0n) is 11.3. The number of piperidine rings is 1. The maximum Gasteiger partial charge on any atom is 0.0341 e. The molecule has 1 aromatic rings. The van der Waals surface area contributed by atoms with Gasteiger partial charge in [0.1, 0.15) is 0 Å². The van der Waals surface area contributed by atoms with E-state index in [4.69, 9.17) is 0 Å². The van der Waals surface area contributed by atoms with Crippen molar-refractivity contribution in [1.29, 1.82) is 0 Å². The Morgan fingerprint density at radius 3 is 2.72 bits per heavy atom. The zero-order valence-corrected chi connectivity index (χ0v) is 12.9. The molecule has 0 aromatic heterocycles. The lowest BCUT2D eigenvalue weighted by molar-refractivity contribution is 0.119. The van der Waals surface area contributed by atoms with E-state index in [0.717, 1.165) is 29.5 Å². The summed E-state index contributed by atoms with van der Waals surface area (Å²) in [6.45, 7) is 8.16. The first-order chi connectivity index (χ1) is 8.66. The van der Waals surface area contributed by atoms with Crippen molar-refractivity contribution in [3.05, 3.63) is 28.7 Å². The van der Waals surface area contributed by atoms with Crippen LogP contribution in [0.4, 0.5) is 5.69 Å². The molecule has 1 N–H and O–H groups in total. The van der Waals surface area contributed by atoms with Gasteiger partial charge in [0, 0.05) is 29.3 Å². The highest BCUT2D eigenvalue weighted by Crippen LogP contribution is 2.22. The van der Waals surface area contributed by atoms with E-state index in [-0.39, 0.29) is 0 Å². The molecule has 0 aliphatic carbocycles. The average molecular weight is 311 g/mol. The van der Waals surface area contributed by atoms with E-state index >= 15 is 0 Å². The van der Waals surface area contributed by atoms with Gasteiger partial charge in [-0.25, -0.2) is 0 Å². The summed E-state index contributed by atoms with van der Waals surface area (Å²) in [5, 5.41) is 3.49. The molecule has 2 nitrogen and oxygen atoms in total. The van der Waals surface area contributed by atoms with Gasteiger partial charge in [-0.15, -0.1) is 0 Å². The van der Waals surface area contributed by atoms with Crippen LogP contribution in [0, 0.1) is 5.92 Å². The maximum absolute atomic E-state index is 3.49. The smallest absolute Gasteiger partial charge is 0.0341 e. The molecule has 2 unspecified atom stereocenters. The molecule has 1 aliphatic rings. The molecule has 1 saturated heterocycles. The van der Waals surface area contributed by atoms with Crippen molar-refractivity contribution in [1.82, 2.24) is 4.90 Å². The number of likely N-dealkylation sites (tertiary alicyclic amines) is 1. The van der Waals surface area contributed by atoms with Crippen LogP contribution in [-0.4, -0.2) is 30.6 Å². The van der Waals surface area contributed by atoms with Crippen LogP contribution in [0.5, 0.6) is 0 Å². The van der Waals surface area contributed by atoms with E-state index in [2.05, 4.69) is 64.3 Å². The van der Waals surface area contributed by atoms with Gasteiger partial charge in [-0.2, -0.15) is 0 Å². The van der Waals surface area contributed by atoms with E-state index in [0.29, 0.717) is 0 Å². The minimum absolute atomic E-state index is 0.727. The molecular weight excluding hydrogens is 288 g/mol. The number of anilines is 1. The third-order valence-corrected chi connectivity index (χ3v) is 4.61. The minimum atomic E-state index is 0.727. The topological polar surface area (TPSA) is 15.3 Å². The van der Waals surface area contributed by atoms with Crippen molar-refractivity contribution in [2.75, 3.05) is 25.0 Å². The van der Waals surface area contributed by atoms with E-state index in [9.17, 15) is 0 Å². The Hall–Kier alpha value is -0.540. The van der Waals surface area contributed by atoms with Crippen LogP contribution in [-0.2, 0) is 0 Å². The van der Waals surface area contributed by atoms with Gasteiger partial charge < -0.3 is 5.32 Å². The predicted molar refractivity (Wildman–Crippen MR) is 82.1 cm³/mol. The van der Waals surface area contributed by atoms with Crippen LogP contribution in [0.25, 0.3) is 0 Å². The molecule has 1 aliphatic heterocycles. The number of hydrogen-bond donors (Lipinski definition) is 1. The van der Waals surface area contributed by atoms with Gasteiger partial charge in [0.05, 0.1) is 0 Å². The molecule has 1 heterocycles. The SMILES string of the molecule is CC1CCCN(CCNc2ccc(Br)cc2)C1C. The number of nitrogens with zero attached hydrogens (tertiary/aromatic N) is 1. The standard InChI is InChI=1S/C15H23BrN2/c1-12-4-3-10-18(13(12)2)11-9-17-15-7-5-14(16)6-8-15/h5-8,12-13,17H,3-4,9-11H2,1-2H3. The molecule has 0 amide bonds. The van der Waals surface area contributed by atoms with Crippen LogP contribution < -0.4 is 5.32 Å². The lowest BCUT2D eigenvalue weighted by Crippen LogP contribution is -2.44. The summed E-state index contributed by atoms with van der Waals surface area (Å²) in [4.78, 5) is 2.61. The fraction of sp³-hybridized carbons (Fsp3) is 0.600. The summed E-state index contributed by atoms with van der Waals surface area (Å²) >= 11 is 3.45. The van der Waals surface area contributed by atoms with Gasteiger partial charge in [-0.05, 0) is 56.5 Å². The summed E-state index contributed by atoms with van der Waals surface area (Å²) in [7, 11) is 0. The zero-order chi connectivity index (χ0) is 13.0. The second-order valence-electron chi connectivity index (χ2n) is 5.33. The van der Waals surface area contributed by atoms with Crippen molar-refractivity contribution in [2.24, 2.45) is 5.92 Å². The molecule has 1 aromatic carbocycles. The third kappa shape index (κ3) is 3.72.